The molecule has 1 amide bonds. The van der Waals surface area contributed by atoms with Crippen LogP contribution in [-0.4, -0.2) is 33.7 Å². The van der Waals surface area contributed by atoms with Crippen LogP contribution in [0.1, 0.15) is 29.9 Å². The van der Waals surface area contributed by atoms with E-state index in [1.54, 1.807) is 6.07 Å². The van der Waals surface area contributed by atoms with Gasteiger partial charge in [-0.25, -0.2) is 4.39 Å². The Morgan fingerprint density at radius 1 is 1.38 bits per heavy atom. The van der Waals surface area contributed by atoms with Crippen LogP contribution >= 0.6 is 0 Å². The van der Waals surface area contributed by atoms with Crippen molar-refractivity contribution >= 4 is 5.91 Å². The molecule has 4 rings (SSSR count). The number of carbonyl (C=O) groups is 1. The van der Waals surface area contributed by atoms with Crippen LogP contribution < -0.4 is 0 Å². The highest BCUT2D eigenvalue weighted by atomic mass is 19.1. The maximum atomic E-state index is 13.9. The van der Waals surface area contributed by atoms with Crippen molar-refractivity contribution in [3.8, 4) is 0 Å². The lowest BCUT2D eigenvalue weighted by molar-refractivity contribution is -0.131. The highest BCUT2D eigenvalue weighted by Crippen LogP contribution is 2.49. The van der Waals surface area contributed by atoms with Gasteiger partial charge in [-0.15, -0.1) is 0 Å². The van der Waals surface area contributed by atoms with Gasteiger partial charge in [0.1, 0.15) is 5.82 Å². The highest BCUT2D eigenvalue weighted by Gasteiger charge is 2.47. The van der Waals surface area contributed by atoms with Gasteiger partial charge >= 0.3 is 0 Å². The Bertz CT molecular complexity index is 757. The normalized spacial score (nSPS) is 25.9. The molecule has 2 aliphatic rings. The molecule has 1 saturated heterocycles. The molecule has 0 unspecified atom stereocenters. The summed E-state index contributed by atoms with van der Waals surface area (Å²) in [7, 11) is 1.92. The van der Waals surface area contributed by atoms with Gasteiger partial charge in [-0.2, -0.15) is 5.10 Å². The zero-order valence-electron chi connectivity index (χ0n) is 13.9. The fraction of sp³-hybridized carbons (Fsp3) is 0.474. The lowest BCUT2D eigenvalue weighted by atomic mass is 10.0. The van der Waals surface area contributed by atoms with Crippen molar-refractivity contribution in [2.75, 3.05) is 13.1 Å². The Morgan fingerprint density at radius 3 is 2.96 bits per heavy atom. The Kier molecular flexibility index (Phi) is 3.87. The molecule has 1 saturated carbocycles. The van der Waals surface area contributed by atoms with Crippen LogP contribution in [0.3, 0.4) is 0 Å². The van der Waals surface area contributed by atoms with E-state index in [1.807, 2.05) is 41.2 Å². The molecule has 1 aromatic carbocycles. The molecule has 0 N–H and O–H groups in total. The van der Waals surface area contributed by atoms with Crippen molar-refractivity contribution in [1.82, 2.24) is 14.7 Å². The molecule has 0 bridgehead atoms. The monoisotopic (exact) mass is 327 g/mol. The topological polar surface area (TPSA) is 38.1 Å². The minimum atomic E-state index is -0.186. The lowest BCUT2D eigenvalue weighted by Crippen LogP contribution is -2.30. The van der Waals surface area contributed by atoms with Crippen LogP contribution in [0.5, 0.6) is 0 Å². The van der Waals surface area contributed by atoms with Crippen LogP contribution in [0.2, 0.25) is 0 Å². The van der Waals surface area contributed by atoms with Crippen molar-refractivity contribution < 1.29 is 9.18 Å². The SMILES string of the molecule is Cn1cc(C[C@@H]2CCN(C(=O)[C@H]3C[C@@H]3c3ccccc3F)C2)cn1. The van der Waals surface area contributed by atoms with E-state index in [1.165, 1.54) is 11.6 Å². The fourth-order valence-corrected chi connectivity index (χ4v) is 3.93. The first-order valence-electron chi connectivity index (χ1n) is 8.62. The molecule has 2 heterocycles. The summed E-state index contributed by atoms with van der Waals surface area (Å²) < 4.78 is 15.7. The summed E-state index contributed by atoms with van der Waals surface area (Å²) in [5, 5.41) is 4.20. The maximum Gasteiger partial charge on any atom is 0.226 e. The third-order valence-electron chi connectivity index (χ3n) is 5.29. The van der Waals surface area contributed by atoms with E-state index in [2.05, 4.69) is 5.10 Å². The smallest absolute Gasteiger partial charge is 0.226 e. The predicted octanol–water partition coefficient (Wildman–Crippen LogP) is 2.75. The second-order valence-corrected chi connectivity index (χ2v) is 7.14. The molecule has 126 valence electrons. The standard InChI is InChI=1S/C19H22FN3O/c1-22-11-14(10-21-22)8-13-6-7-23(12-13)19(24)17-9-16(17)15-4-2-3-5-18(15)20/h2-5,10-11,13,16-17H,6-9,12H2,1H3/t13-,16+,17-/m0/s1. The van der Waals surface area contributed by atoms with Gasteiger partial charge in [-0.1, -0.05) is 18.2 Å². The first-order valence-corrected chi connectivity index (χ1v) is 8.62. The lowest BCUT2D eigenvalue weighted by Gasteiger charge is -2.16. The minimum Gasteiger partial charge on any atom is -0.342 e. The zero-order chi connectivity index (χ0) is 16.7. The number of halogens is 1. The molecule has 1 aliphatic heterocycles. The minimum absolute atomic E-state index is 0.0287. The summed E-state index contributed by atoms with van der Waals surface area (Å²) in [4.78, 5) is 14.7. The summed E-state index contributed by atoms with van der Waals surface area (Å²) in [6.07, 6.45) is 6.74. The van der Waals surface area contributed by atoms with Crippen LogP contribution in [0, 0.1) is 17.7 Å². The van der Waals surface area contributed by atoms with E-state index in [-0.39, 0.29) is 23.6 Å². The fourth-order valence-electron chi connectivity index (χ4n) is 3.93. The largest absolute Gasteiger partial charge is 0.342 e. The van der Waals surface area contributed by atoms with Gasteiger partial charge in [-0.05, 0) is 48.3 Å². The number of aromatic nitrogens is 2. The molecule has 4 nitrogen and oxygen atoms in total. The second-order valence-electron chi connectivity index (χ2n) is 7.14. The van der Waals surface area contributed by atoms with Crippen molar-refractivity contribution in [2.24, 2.45) is 18.9 Å². The number of likely N-dealkylation sites (tertiary alicyclic amines) is 1. The van der Waals surface area contributed by atoms with Crippen molar-refractivity contribution in [3.05, 3.63) is 53.6 Å². The molecular weight excluding hydrogens is 305 g/mol. The third-order valence-corrected chi connectivity index (χ3v) is 5.29. The van der Waals surface area contributed by atoms with Crippen LogP contribution in [-0.2, 0) is 18.3 Å². The summed E-state index contributed by atoms with van der Waals surface area (Å²) in [5.74, 6) is 0.560. The first kappa shape index (κ1) is 15.4. The molecule has 3 atom stereocenters. The second kappa shape index (κ2) is 6.04. The molecule has 2 aromatic rings. The van der Waals surface area contributed by atoms with Gasteiger partial charge in [0, 0.05) is 32.3 Å². The van der Waals surface area contributed by atoms with Gasteiger partial charge in [0.2, 0.25) is 5.91 Å². The van der Waals surface area contributed by atoms with Crippen LogP contribution in [0.25, 0.3) is 0 Å². The van der Waals surface area contributed by atoms with E-state index < -0.39 is 0 Å². The highest BCUT2D eigenvalue weighted by molar-refractivity contribution is 5.83. The molecule has 1 aliphatic carbocycles. The van der Waals surface area contributed by atoms with Crippen LogP contribution in [0.4, 0.5) is 4.39 Å². The molecule has 0 spiro atoms. The van der Waals surface area contributed by atoms with Gasteiger partial charge in [0.15, 0.2) is 0 Å². The Balaban J connectivity index is 1.34. The molecule has 24 heavy (non-hydrogen) atoms. The Hall–Kier alpha value is -2.17. The number of rotatable bonds is 4. The molecule has 5 heteroatoms. The van der Waals surface area contributed by atoms with Gasteiger partial charge < -0.3 is 4.90 Å². The van der Waals surface area contributed by atoms with Crippen molar-refractivity contribution in [2.45, 2.75) is 25.2 Å². The molecule has 1 aromatic heterocycles. The third kappa shape index (κ3) is 2.95. The zero-order valence-corrected chi connectivity index (χ0v) is 13.9. The summed E-state index contributed by atoms with van der Waals surface area (Å²) in [6.45, 7) is 1.64. The predicted molar refractivity (Wildman–Crippen MR) is 88.8 cm³/mol. The Morgan fingerprint density at radius 2 is 2.21 bits per heavy atom. The van der Waals surface area contributed by atoms with E-state index >= 15 is 0 Å². The number of benzene rings is 1. The van der Waals surface area contributed by atoms with E-state index in [4.69, 9.17) is 0 Å². The van der Waals surface area contributed by atoms with E-state index in [0.717, 1.165) is 32.4 Å². The van der Waals surface area contributed by atoms with Gasteiger partial charge in [0.05, 0.1) is 6.20 Å². The maximum absolute atomic E-state index is 13.9. The number of carbonyl (C=O) groups excluding carboxylic acids is 1. The van der Waals surface area contributed by atoms with E-state index in [0.29, 0.717) is 11.5 Å². The first-order chi connectivity index (χ1) is 11.6. The molecule has 2 fully saturated rings. The molecular formula is C19H22FN3O. The number of amides is 1. The van der Waals surface area contributed by atoms with Crippen LogP contribution in [0.15, 0.2) is 36.7 Å². The molecule has 0 radical (unpaired) electrons. The van der Waals surface area contributed by atoms with E-state index in [9.17, 15) is 9.18 Å². The summed E-state index contributed by atoms with van der Waals surface area (Å²) >= 11 is 0. The number of hydrogen-bond donors (Lipinski definition) is 0. The van der Waals surface area contributed by atoms with Gasteiger partial charge in [-0.3, -0.25) is 9.48 Å². The number of nitrogens with zero attached hydrogens (tertiary/aromatic N) is 3. The van der Waals surface area contributed by atoms with Crippen molar-refractivity contribution in [1.29, 1.82) is 0 Å². The summed E-state index contributed by atoms with van der Waals surface area (Å²) in [6, 6.07) is 6.83. The summed E-state index contributed by atoms with van der Waals surface area (Å²) in [5.41, 5.74) is 1.93. The Labute approximate surface area is 141 Å². The quantitative estimate of drug-likeness (QED) is 0.866. The van der Waals surface area contributed by atoms with Gasteiger partial charge in [0.25, 0.3) is 0 Å². The van der Waals surface area contributed by atoms with Crippen molar-refractivity contribution in [3.63, 3.8) is 0 Å². The average molecular weight is 327 g/mol. The average Bonchev–Trinajstić information content (AvgIpc) is 3.04. The number of hydrogen-bond acceptors (Lipinski definition) is 2. The number of aryl methyl sites for hydroxylation is 1.